The molecule has 0 aromatic rings. The summed E-state index contributed by atoms with van der Waals surface area (Å²) < 4.78 is 0. The summed E-state index contributed by atoms with van der Waals surface area (Å²) in [6.07, 6.45) is 4.96. The lowest BCUT2D eigenvalue weighted by Crippen LogP contribution is -2.34. The highest BCUT2D eigenvalue weighted by Gasteiger charge is 2.29. The zero-order valence-electron chi connectivity index (χ0n) is 7.67. The second-order valence-electron chi connectivity index (χ2n) is 3.20. The molecular weight excluding hydrogens is 168 g/mol. The van der Waals surface area contributed by atoms with E-state index < -0.39 is 0 Å². The molecular formula is C9H14N2O2. The normalized spacial score (nSPS) is 26.8. The van der Waals surface area contributed by atoms with Crippen LogP contribution in [0.1, 0.15) is 6.92 Å². The fourth-order valence-electron chi connectivity index (χ4n) is 1.39. The van der Waals surface area contributed by atoms with Crippen LogP contribution in [0.25, 0.3) is 0 Å². The third kappa shape index (κ3) is 2.72. The smallest absolute Gasteiger partial charge is 0.248 e. The quantitative estimate of drug-likeness (QED) is 0.352. The van der Waals surface area contributed by atoms with Crippen molar-refractivity contribution in [1.82, 2.24) is 10.8 Å². The van der Waals surface area contributed by atoms with Crippen molar-refractivity contribution >= 4 is 5.91 Å². The van der Waals surface area contributed by atoms with Crippen molar-refractivity contribution in [3.63, 3.8) is 0 Å². The van der Waals surface area contributed by atoms with Gasteiger partial charge in [0.15, 0.2) is 0 Å². The summed E-state index contributed by atoms with van der Waals surface area (Å²) in [6.45, 7) is 3.74. The first-order valence-corrected chi connectivity index (χ1v) is 4.31. The molecule has 1 aliphatic heterocycles. The van der Waals surface area contributed by atoms with Crippen LogP contribution >= 0.6 is 0 Å². The van der Waals surface area contributed by atoms with Crippen LogP contribution in [-0.4, -0.2) is 25.6 Å². The van der Waals surface area contributed by atoms with Gasteiger partial charge in [-0.25, -0.2) is 5.48 Å². The number of carbonyl (C=O) groups is 1. The van der Waals surface area contributed by atoms with Crippen molar-refractivity contribution < 1.29 is 9.63 Å². The van der Waals surface area contributed by atoms with Gasteiger partial charge >= 0.3 is 0 Å². The summed E-state index contributed by atoms with van der Waals surface area (Å²) in [5.41, 5.74) is 2.33. The molecule has 1 saturated heterocycles. The lowest BCUT2D eigenvalue weighted by molar-refractivity contribution is -0.137. The maximum absolute atomic E-state index is 11.4. The number of terminal acetylenes is 1. The first kappa shape index (κ1) is 10.0. The molecule has 72 valence electrons. The van der Waals surface area contributed by atoms with Gasteiger partial charge in [-0.3, -0.25) is 9.63 Å². The van der Waals surface area contributed by atoms with Crippen molar-refractivity contribution in [3.05, 3.63) is 0 Å². The van der Waals surface area contributed by atoms with E-state index in [1.165, 1.54) is 0 Å². The predicted octanol–water partition coefficient (Wildman–Crippen LogP) is -0.477. The molecule has 1 aliphatic rings. The van der Waals surface area contributed by atoms with E-state index in [1.807, 2.05) is 6.92 Å². The molecule has 4 heteroatoms. The van der Waals surface area contributed by atoms with Crippen LogP contribution < -0.4 is 10.8 Å². The van der Waals surface area contributed by atoms with E-state index in [0.717, 1.165) is 6.54 Å². The van der Waals surface area contributed by atoms with Gasteiger partial charge in [0.05, 0.1) is 5.92 Å². The number of amides is 1. The van der Waals surface area contributed by atoms with E-state index in [9.17, 15) is 4.79 Å². The number of hydrogen-bond acceptors (Lipinski definition) is 3. The van der Waals surface area contributed by atoms with Gasteiger partial charge in [-0.15, -0.1) is 6.42 Å². The monoisotopic (exact) mass is 182 g/mol. The van der Waals surface area contributed by atoms with E-state index in [-0.39, 0.29) is 18.4 Å². The first-order valence-electron chi connectivity index (χ1n) is 4.31. The fraction of sp³-hybridized carbons (Fsp3) is 0.667. The van der Waals surface area contributed by atoms with E-state index in [1.54, 1.807) is 0 Å². The van der Waals surface area contributed by atoms with Crippen molar-refractivity contribution in [1.29, 1.82) is 0 Å². The second-order valence-corrected chi connectivity index (χ2v) is 3.20. The van der Waals surface area contributed by atoms with Crippen molar-refractivity contribution in [2.45, 2.75) is 6.92 Å². The topological polar surface area (TPSA) is 50.4 Å². The molecule has 4 nitrogen and oxygen atoms in total. The van der Waals surface area contributed by atoms with Crippen molar-refractivity contribution in [2.24, 2.45) is 11.8 Å². The third-order valence-corrected chi connectivity index (χ3v) is 2.18. The Morgan fingerprint density at radius 1 is 1.77 bits per heavy atom. The Morgan fingerprint density at radius 2 is 2.54 bits per heavy atom. The van der Waals surface area contributed by atoms with Gasteiger partial charge in [-0.1, -0.05) is 12.8 Å². The molecule has 0 aliphatic carbocycles. The Bertz CT molecular complexity index is 222. The molecule has 0 spiro atoms. The van der Waals surface area contributed by atoms with Gasteiger partial charge < -0.3 is 5.32 Å². The van der Waals surface area contributed by atoms with Crippen LogP contribution in [0.15, 0.2) is 0 Å². The highest BCUT2D eigenvalue weighted by molar-refractivity contribution is 5.78. The highest BCUT2D eigenvalue weighted by Crippen LogP contribution is 2.15. The molecule has 0 saturated carbocycles. The van der Waals surface area contributed by atoms with Gasteiger partial charge in [-0.05, 0) is 12.5 Å². The van der Waals surface area contributed by atoms with E-state index >= 15 is 0 Å². The van der Waals surface area contributed by atoms with Gasteiger partial charge in [0, 0.05) is 6.54 Å². The van der Waals surface area contributed by atoms with Gasteiger partial charge in [0.2, 0.25) is 5.91 Å². The average Bonchev–Trinajstić information content (AvgIpc) is 2.52. The van der Waals surface area contributed by atoms with Crippen LogP contribution in [0.3, 0.4) is 0 Å². The highest BCUT2D eigenvalue weighted by atomic mass is 16.6. The Labute approximate surface area is 78.0 Å². The summed E-state index contributed by atoms with van der Waals surface area (Å²) in [7, 11) is 0. The molecule has 2 unspecified atom stereocenters. The zero-order valence-corrected chi connectivity index (χ0v) is 7.67. The first-order chi connectivity index (χ1) is 6.25. The Morgan fingerprint density at radius 3 is 3.08 bits per heavy atom. The van der Waals surface area contributed by atoms with Crippen molar-refractivity contribution in [3.8, 4) is 12.3 Å². The summed E-state index contributed by atoms with van der Waals surface area (Å²) >= 11 is 0. The summed E-state index contributed by atoms with van der Waals surface area (Å²) in [5.74, 6) is 2.54. The molecule has 1 heterocycles. The van der Waals surface area contributed by atoms with Gasteiger partial charge in [-0.2, -0.15) is 0 Å². The number of hydrogen-bond donors (Lipinski definition) is 2. The molecule has 13 heavy (non-hydrogen) atoms. The SMILES string of the molecule is C#CCONC(=O)C1CNCC1C. The maximum Gasteiger partial charge on any atom is 0.248 e. The minimum absolute atomic E-state index is 0.00206. The number of nitrogens with one attached hydrogen (secondary N) is 2. The van der Waals surface area contributed by atoms with Crippen LogP contribution in [-0.2, 0) is 9.63 Å². The molecule has 1 fully saturated rings. The summed E-state index contributed by atoms with van der Waals surface area (Å²) in [4.78, 5) is 16.1. The molecule has 0 aromatic carbocycles. The molecule has 0 radical (unpaired) electrons. The van der Waals surface area contributed by atoms with Gasteiger partial charge in [0.1, 0.15) is 6.61 Å². The largest absolute Gasteiger partial charge is 0.316 e. The average molecular weight is 182 g/mol. The summed E-state index contributed by atoms with van der Waals surface area (Å²) in [6, 6.07) is 0. The van der Waals surface area contributed by atoms with Crippen LogP contribution in [0.5, 0.6) is 0 Å². The van der Waals surface area contributed by atoms with Crippen LogP contribution in [0.2, 0.25) is 0 Å². The van der Waals surface area contributed by atoms with Crippen LogP contribution in [0, 0.1) is 24.2 Å². The maximum atomic E-state index is 11.4. The molecule has 0 bridgehead atoms. The minimum atomic E-state index is -0.0900. The predicted molar refractivity (Wildman–Crippen MR) is 48.5 cm³/mol. The zero-order chi connectivity index (χ0) is 9.68. The fourth-order valence-corrected chi connectivity index (χ4v) is 1.39. The second kappa shape index (κ2) is 4.85. The minimum Gasteiger partial charge on any atom is -0.316 e. The third-order valence-electron chi connectivity index (χ3n) is 2.18. The summed E-state index contributed by atoms with van der Waals surface area (Å²) in [5, 5.41) is 3.14. The number of hydroxylamine groups is 1. The number of rotatable bonds is 3. The molecule has 1 rings (SSSR count). The van der Waals surface area contributed by atoms with Crippen molar-refractivity contribution in [2.75, 3.05) is 19.7 Å². The molecule has 1 amide bonds. The Kier molecular flexibility index (Phi) is 3.74. The molecule has 2 atom stereocenters. The molecule has 2 N–H and O–H groups in total. The standard InChI is InChI=1S/C9H14N2O2/c1-3-4-13-11-9(12)8-6-10-5-7(8)2/h1,7-8,10H,4-6H2,2H3,(H,11,12). The van der Waals surface area contributed by atoms with E-state index in [2.05, 4.69) is 16.7 Å². The Balaban J connectivity index is 2.27. The Hall–Kier alpha value is -1.05. The van der Waals surface area contributed by atoms with E-state index in [0.29, 0.717) is 12.5 Å². The lowest BCUT2D eigenvalue weighted by atomic mass is 9.98. The van der Waals surface area contributed by atoms with E-state index in [4.69, 9.17) is 11.3 Å². The van der Waals surface area contributed by atoms with Gasteiger partial charge in [0.25, 0.3) is 0 Å². The lowest BCUT2D eigenvalue weighted by Gasteiger charge is -2.12. The van der Waals surface area contributed by atoms with Crippen LogP contribution in [0.4, 0.5) is 0 Å². The number of carbonyl (C=O) groups excluding carboxylic acids is 1. The molecule has 0 aromatic heterocycles.